The maximum absolute atomic E-state index is 12.0. The van der Waals surface area contributed by atoms with Crippen LogP contribution >= 0.6 is 15.9 Å². The zero-order valence-electron chi connectivity index (χ0n) is 13.1. The second kappa shape index (κ2) is 7.09. The summed E-state index contributed by atoms with van der Waals surface area (Å²) in [6, 6.07) is 7.64. The highest BCUT2D eigenvalue weighted by Crippen LogP contribution is 2.18. The highest BCUT2D eigenvalue weighted by atomic mass is 79.9. The molecule has 0 bridgehead atoms. The summed E-state index contributed by atoms with van der Waals surface area (Å²) >= 11 is 3.38. The predicted octanol–water partition coefficient (Wildman–Crippen LogP) is 4.00. The van der Waals surface area contributed by atoms with Gasteiger partial charge in [-0.15, -0.1) is 5.11 Å². The van der Waals surface area contributed by atoms with E-state index in [1.807, 2.05) is 50.0 Å². The van der Waals surface area contributed by atoms with Crippen LogP contribution in [0.1, 0.15) is 20.8 Å². The Morgan fingerprint density at radius 1 is 1.14 bits per heavy atom. The van der Waals surface area contributed by atoms with Crippen LogP contribution < -0.4 is 0 Å². The summed E-state index contributed by atoms with van der Waals surface area (Å²) in [5.74, 6) is 0. The lowest BCUT2D eigenvalue weighted by atomic mass is 10.2. The number of hydrogen-bond donors (Lipinski definition) is 0. The summed E-state index contributed by atoms with van der Waals surface area (Å²) in [6.45, 7) is 8.09. The van der Waals surface area contributed by atoms with E-state index < -0.39 is 5.60 Å². The van der Waals surface area contributed by atoms with Gasteiger partial charge in [-0.05, 0) is 45.0 Å². The maximum Gasteiger partial charge on any atom is 0.410 e. The van der Waals surface area contributed by atoms with E-state index in [9.17, 15) is 4.79 Å². The first-order chi connectivity index (χ1) is 10.3. The third kappa shape index (κ3) is 5.29. The van der Waals surface area contributed by atoms with Crippen molar-refractivity contribution in [3.63, 3.8) is 0 Å². The number of halogens is 1. The Bertz CT molecular complexity index is 531. The molecule has 0 aliphatic carbocycles. The normalized spacial score (nSPS) is 16.2. The molecule has 22 heavy (non-hydrogen) atoms. The number of ether oxygens (including phenoxy) is 1. The Balaban J connectivity index is 1.82. The van der Waals surface area contributed by atoms with Gasteiger partial charge in [0.05, 0.1) is 18.8 Å². The number of piperazine rings is 1. The zero-order chi connectivity index (χ0) is 16.2. The molecule has 120 valence electrons. The molecule has 7 heteroatoms. The molecule has 0 spiro atoms. The lowest BCUT2D eigenvalue weighted by Crippen LogP contribution is -2.48. The van der Waals surface area contributed by atoms with Crippen molar-refractivity contribution in [2.75, 3.05) is 26.2 Å². The molecule has 1 fully saturated rings. The molecule has 1 aromatic carbocycles. The van der Waals surface area contributed by atoms with Gasteiger partial charge >= 0.3 is 6.09 Å². The molecule has 6 nitrogen and oxygen atoms in total. The maximum atomic E-state index is 12.0. The van der Waals surface area contributed by atoms with Crippen LogP contribution in [0.5, 0.6) is 0 Å². The van der Waals surface area contributed by atoms with Crippen LogP contribution in [-0.4, -0.2) is 47.8 Å². The summed E-state index contributed by atoms with van der Waals surface area (Å²) in [6.07, 6.45) is -0.267. The molecule has 2 rings (SSSR count). The third-order valence-corrected chi connectivity index (χ3v) is 3.55. The topological polar surface area (TPSA) is 57.5 Å². The standard InChI is InChI=1S/C15H21BrN4O2/c1-15(2,3)22-14(21)19-8-10-20(11-9-19)18-17-13-6-4-12(16)5-7-13/h4-7H,8-11H2,1-3H3. The van der Waals surface area contributed by atoms with Gasteiger partial charge in [-0.3, -0.25) is 5.01 Å². The number of nitrogens with zero attached hydrogens (tertiary/aromatic N) is 4. The van der Waals surface area contributed by atoms with E-state index in [1.165, 1.54) is 0 Å². The largest absolute Gasteiger partial charge is 0.444 e. The number of hydrogen-bond acceptors (Lipinski definition) is 4. The fraction of sp³-hybridized carbons (Fsp3) is 0.533. The van der Waals surface area contributed by atoms with Gasteiger partial charge in [0.25, 0.3) is 0 Å². The van der Waals surface area contributed by atoms with Crippen LogP contribution in [-0.2, 0) is 4.74 Å². The molecular weight excluding hydrogens is 348 g/mol. The lowest BCUT2D eigenvalue weighted by Gasteiger charge is -2.33. The van der Waals surface area contributed by atoms with Gasteiger partial charge in [-0.2, -0.15) is 0 Å². The molecule has 1 heterocycles. The molecule has 0 radical (unpaired) electrons. The molecule has 1 amide bonds. The lowest BCUT2D eigenvalue weighted by molar-refractivity contribution is 0.0141. The van der Waals surface area contributed by atoms with E-state index in [0.29, 0.717) is 26.2 Å². The van der Waals surface area contributed by atoms with Crippen molar-refractivity contribution in [1.82, 2.24) is 9.91 Å². The molecule has 0 atom stereocenters. The van der Waals surface area contributed by atoms with E-state index in [0.717, 1.165) is 10.2 Å². The van der Waals surface area contributed by atoms with E-state index in [4.69, 9.17) is 4.74 Å². The van der Waals surface area contributed by atoms with Gasteiger partial charge in [0.1, 0.15) is 5.60 Å². The smallest absolute Gasteiger partial charge is 0.410 e. The van der Waals surface area contributed by atoms with Crippen LogP contribution in [0.2, 0.25) is 0 Å². The molecule has 0 N–H and O–H groups in total. The Hall–Kier alpha value is -1.63. The predicted molar refractivity (Wildman–Crippen MR) is 88.0 cm³/mol. The fourth-order valence-electron chi connectivity index (χ4n) is 1.92. The van der Waals surface area contributed by atoms with Gasteiger partial charge < -0.3 is 9.64 Å². The quantitative estimate of drug-likeness (QED) is 0.741. The first-order valence-corrected chi connectivity index (χ1v) is 8.03. The van der Waals surface area contributed by atoms with Gasteiger partial charge in [0, 0.05) is 17.6 Å². The molecule has 0 saturated carbocycles. The Kier molecular flexibility index (Phi) is 5.39. The zero-order valence-corrected chi connectivity index (χ0v) is 14.7. The average Bonchev–Trinajstić information content (AvgIpc) is 2.45. The Morgan fingerprint density at radius 2 is 1.73 bits per heavy atom. The molecule has 1 aromatic rings. The highest BCUT2D eigenvalue weighted by molar-refractivity contribution is 9.10. The van der Waals surface area contributed by atoms with Crippen LogP contribution in [0.15, 0.2) is 39.1 Å². The number of rotatable bonds is 2. The Morgan fingerprint density at radius 3 is 2.27 bits per heavy atom. The summed E-state index contributed by atoms with van der Waals surface area (Å²) in [4.78, 5) is 13.7. The van der Waals surface area contributed by atoms with Crippen LogP contribution in [0, 0.1) is 0 Å². The van der Waals surface area contributed by atoms with E-state index >= 15 is 0 Å². The third-order valence-electron chi connectivity index (χ3n) is 3.02. The van der Waals surface area contributed by atoms with E-state index in [-0.39, 0.29) is 6.09 Å². The van der Waals surface area contributed by atoms with Gasteiger partial charge in [-0.1, -0.05) is 21.2 Å². The number of carbonyl (C=O) groups excluding carboxylic acids is 1. The molecule has 1 aliphatic rings. The van der Waals surface area contributed by atoms with Crippen molar-refractivity contribution >= 4 is 27.7 Å². The number of benzene rings is 1. The van der Waals surface area contributed by atoms with Gasteiger partial charge in [0.2, 0.25) is 0 Å². The van der Waals surface area contributed by atoms with E-state index in [2.05, 4.69) is 26.3 Å². The highest BCUT2D eigenvalue weighted by Gasteiger charge is 2.25. The molecule has 1 saturated heterocycles. The summed E-state index contributed by atoms with van der Waals surface area (Å²) < 4.78 is 6.37. The summed E-state index contributed by atoms with van der Waals surface area (Å²) in [5.41, 5.74) is 0.341. The van der Waals surface area contributed by atoms with Gasteiger partial charge in [0.15, 0.2) is 0 Å². The molecule has 0 aromatic heterocycles. The monoisotopic (exact) mass is 368 g/mol. The minimum Gasteiger partial charge on any atom is -0.444 e. The fourth-order valence-corrected chi connectivity index (χ4v) is 2.18. The number of amides is 1. The SMILES string of the molecule is CC(C)(C)OC(=O)N1CCN(N=Nc2ccc(Br)cc2)CC1. The first kappa shape index (κ1) is 16.7. The van der Waals surface area contributed by atoms with Crippen LogP contribution in [0.4, 0.5) is 10.5 Å². The second-order valence-corrected chi connectivity index (χ2v) is 7.00. The minimum absolute atomic E-state index is 0.267. The first-order valence-electron chi connectivity index (χ1n) is 7.23. The van der Waals surface area contributed by atoms with Crippen molar-refractivity contribution in [2.24, 2.45) is 10.3 Å². The van der Waals surface area contributed by atoms with Crippen molar-refractivity contribution in [3.05, 3.63) is 28.7 Å². The van der Waals surface area contributed by atoms with Crippen LogP contribution in [0.3, 0.4) is 0 Å². The van der Waals surface area contributed by atoms with Crippen molar-refractivity contribution in [3.8, 4) is 0 Å². The summed E-state index contributed by atoms with van der Waals surface area (Å²) in [7, 11) is 0. The van der Waals surface area contributed by atoms with E-state index in [1.54, 1.807) is 4.90 Å². The second-order valence-electron chi connectivity index (χ2n) is 6.09. The van der Waals surface area contributed by atoms with Crippen molar-refractivity contribution in [1.29, 1.82) is 0 Å². The molecular formula is C15H21BrN4O2. The Labute approximate surface area is 139 Å². The number of carbonyl (C=O) groups is 1. The van der Waals surface area contributed by atoms with Gasteiger partial charge in [-0.25, -0.2) is 4.79 Å². The van der Waals surface area contributed by atoms with Crippen LogP contribution in [0.25, 0.3) is 0 Å². The molecule has 1 aliphatic heterocycles. The molecule has 0 unspecified atom stereocenters. The summed E-state index contributed by atoms with van der Waals surface area (Å²) in [5, 5.41) is 10.3. The average molecular weight is 369 g/mol. The van der Waals surface area contributed by atoms with Crippen molar-refractivity contribution in [2.45, 2.75) is 26.4 Å². The van der Waals surface area contributed by atoms with Crippen molar-refractivity contribution < 1.29 is 9.53 Å². The minimum atomic E-state index is -0.463.